The van der Waals surface area contributed by atoms with Crippen molar-refractivity contribution in [3.05, 3.63) is 22.7 Å². The number of halogens is 1. The van der Waals surface area contributed by atoms with Crippen LogP contribution in [0.1, 0.15) is 31.5 Å². The van der Waals surface area contributed by atoms with Crippen LogP contribution >= 0.6 is 11.6 Å². The standard InChI is InChI=1S/C11H14ClN3/c1-3-5-8-7(4-2)9-10(12)13-6-14-11(9)15-8/h6H,3-5H2,1-2H3,(H,13,14,15). The summed E-state index contributed by atoms with van der Waals surface area (Å²) in [7, 11) is 0. The molecule has 0 aromatic carbocycles. The molecule has 0 saturated heterocycles. The summed E-state index contributed by atoms with van der Waals surface area (Å²) in [5.74, 6) is 0. The van der Waals surface area contributed by atoms with Gasteiger partial charge in [-0.1, -0.05) is 31.9 Å². The number of H-pyrrole nitrogens is 1. The maximum Gasteiger partial charge on any atom is 0.142 e. The minimum absolute atomic E-state index is 0.551. The summed E-state index contributed by atoms with van der Waals surface area (Å²) in [6.07, 6.45) is 4.61. The number of fused-ring (bicyclic) bond motifs is 1. The van der Waals surface area contributed by atoms with E-state index in [2.05, 4.69) is 28.8 Å². The molecule has 0 spiro atoms. The summed E-state index contributed by atoms with van der Waals surface area (Å²) >= 11 is 6.08. The molecule has 0 saturated carbocycles. The molecular formula is C11H14ClN3. The van der Waals surface area contributed by atoms with Crippen molar-refractivity contribution in [1.82, 2.24) is 15.0 Å². The lowest BCUT2D eigenvalue weighted by Gasteiger charge is -1.99. The van der Waals surface area contributed by atoms with Crippen LogP contribution < -0.4 is 0 Å². The molecule has 0 unspecified atom stereocenters. The minimum Gasteiger partial charge on any atom is -0.343 e. The van der Waals surface area contributed by atoms with Crippen LogP contribution in [-0.2, 0) is 12.8 Å². The van der Waals surface area contributed by atoms with Crippen molar-refractivity contribution < 1.29 is 0 Å². The summed E-state index contributed by atoms with van der Waals surface area (Å²) < 4.78 is 0. The Labute approximate surface area is 93.9 Å². The Bertz CT molecular complexity index is 476. The molecule has 0 bridgehead atoms. The van der Waals surface area contributed by atoms with Gasteiger partial charge < -0.3 is 4.98 Å². The molecule has 0 radical (unpaired) electrons. The molecule has 0 aliphatic carbocycles. The highest BCUT2D eigenvalue weighted by molar-refractivity contribution is 6.34. The number of nitrogens with one attached hydrogen (secondary N) is 1. The number of hydrogen-bond donors (Lipinski definition) is 1. The van der Waals surface area contributed by atoms with Gasteiger partial charge in [0.25, 0.3) is 0 Å². The third kappa shape index (κ3) is 1.72. The Morgan fingerprint density at radius 3 is 2.80 bits per heavy atom. The smallest absolute Gasteiger partial charge is 0.142 e. The fourth-order valence-electron chi connectivity index (χ4n) is 1.95. The number of rotatable bonds is 3. The van der Waals surface area contributed by atoms with Crippen molar-refractivity contribution in [3.63, 3.8) is 0 Å². The van der Waals surface area contributed by atoms with E-state index >= 15 is 0 Å². The first kappa shape index (κ1) is 10.4. The first-order valence-electron chi connectivity index (χ1n) is 5.27. The molecule has 4 heteroatoms. The summed E-state index contributed by atoms with van der Waals surface area (Å²) in [6.45, 7) is 4.29. The van der Waals surface area contributed by atoms with E-state index in [9.17, 15) is 0 Å². The molecule has 80 valence electrons. The predicted molar refractivity (Wildman–Crippen MR) is 62.3 cm³/mol. The van der Waals surface area contributed by atoms with Gasteiger partial charge in [-0.05, 0) is 18.4 Å². The molecule has 1 N–H and O–H groups in total. The zero-order valence-corrected chi connectivity index (χ0v) is 9.73. The van der Waals surface area contributed by atoms with Crippen LogP contribution in [0.15, 0.2) is 6.33 Å². The zero-order valence-electron chi connectivity index (χ0n) is 8.97. The highest BCUT2D eigenvalue weighted by Crippen LogP contribution is 2.27. The lowest BCUT2D eigenvalue weighted by Crippen LogP contribution is -1.89. The molecule has 0 atom stereocenters. The van der Waals surface area contributed by atoms with Gasteiger partial charge >= 0.3 is 0 Å². The van der Waals surface area contributed by atoms with Crippen molar-refractivity contribution in [2.45, 2.75) is 33.1 Å². The Morgan fingerprint density at radius 1 is 1.33 bits per heavy atom. The van der Waals surface area contributed by atoms with Gasteiger partial charge in [0.1, 0.15) is 17.1 Å². The lowest BCUT2D eigenvalue weighted by molar-refractivity contribution is 0.876. The van der Waals surface area contributed by atoms with Crippen LogP contribution in [0.25, 0.3) is 11.0 Å². The molecule has 2 aromatic rings. The average Bonchev–Trinajstić information content (AvgIpc) is 2.57. The van der Waals surface area contributed by atoms with Crippen LogP contribution in [-0.4, -0.2) is 15.0 Å². The third-order valence-electron chi connectivity index (χ3n) is 2.59. The van der Waals surface area contributed by atoms with Crippen LogP contribution in [0.4, 0.5) is 0 Å². The highest BCUT2D eigenvalue weighted by atomic mass is 35.5. The highest BCUT2D eigenvalue weighted by Gasteiger charge is 2.13. The van der Waals surface area contributed by atoms with E-state index in [1.165, 1.54) is 17.6 Å². The third-order valence-corrected chi connectivity index (χ3v) is 2.88. The van der Waals surface area contributed by atoms with Crippen LogP contribution in [0.2, 0.25) is 5.15 Å². The van der Waals surface area contributed by atoms with Crippen molar-refractivity contribution >= 4 is 22.6 Å². The van der Waals surface area contributed by atoms with E-state index in [1.807, 2.05) is 0 Å². The molecule has 15 heavy (non-hydrogen) atoms. The van der Waals surface area contributed by atoms with Crippen LogP contribution in [0.5, 0.6) is 0 Å². The van der Waals surface area contributed by atoms with E-state index in [-0.39, 0.29) is 0 Å². The quantitative estimate of drug-likeness (QED) is 0.813. The van der Waals surface area contributed by atoms with Gasteiger partial charge in [0, 0.05) is 5.69 Å². The average molecular weight is 224 g/mol. The first-order valence-corrected chi connectivity index (χ1v) is 5.65. The van der Waals surface area contributed by atoms with Gasteiger partial charge in [0.2, 0.25) is 0 Å². The Kier molecular flexibility index (Phi) is 2.91. The molecular weight excluding hydrogens is 210 g/mol. The number of hydrogen-bond acceptors (Lipinski definition) is 2. The van der Waals surface area contributed by atoms with Gasteiger partial charge in [0.15, 0.2) is 0 Å². The van der Waals surface area contributed by atoms with Crippen LogP contribution in [0.3, 0.4) is 0 Å². The van der Waals surface area contributed by atoms with Crippen molar-refractivity contribution in [1.29, 1.82) is 0 Å². The van der Waals surface area contributed by atoms with E-state index in [0.29, 0.717) is 5.15 Å². The second-order valence-corrected chi connectivity index (χ2v) is 3.93. The molecule has 2 aromatic heterocycles. The molecule has 0 fully saturated rings. The topological polar surface area (TPSA) is 41.6 Å². The van der Waals surface area contributed by atoms with Gasteiger partial charge in [-0.3, -0.25) is 0 Å². The molecule has 2 rings (SSSR count). The largest absolute Gasteiger partial charge is 0.343 e. The maximum atomic E-state index is 6.08. The fraction of sp³-hybridized carbons (Fsp3) is 0.455. The Morgan fingerprint density at radius 2 is 2.13 bits per heavy atom. The van der Waals surface area contributed by atoms with E-state index < -0.39 is 0 Å². The van der Waals surface area contributed by atoms with E-state index in [0.717, 1.165) is 30.3 Å². The number of nitrogens with zero attached hydrogens (tertiary/aromatic N) is 2. The van der Waals surface area contributed by atoms with Crippen molar-refractivity contribution in [3.8, 4) is 0 Å². The summed E-state index contributed by atoms with van der Waals surface area (Å²) in [4.78, 5) is 11.5. The normalized spacial score (nSPS) is 11.1. The SMILES string of the molecule is CCCc1[nH]c2ncnc(Cl)c2c1CC. The molecule has 2 heterocycles. The minimum atomic E-state index is 0.551. The number of aromatic amines is 1. The van der Waals surface area contributed by atoms with E-state index in [4.69, 9.17) is 11.6 Å². The predicted octanol–water partition coefficient (Wildman–Crippen LogP) is 3.13. The molecule has 0 amide bonds. The summed E-state index contributed by atoms with van der Waals surface area (Å²) in [6, 6.07) is 0. The zero-order chi connectivity index (χ0) is 10.8. The summed E-state index contributed by atoms with van der Waals surface area (Å²) in [5, 5.41) is 1.54. The number of aryl methyl sites for hydroxylation is 2. The van der Waals surface area contributed by atoms with Gasteiger partial charge in [-0.25, -0.2) is 9.97 Å². The number of aromatic nitrogens is 3. The van der Waals surface area contributed by atoms with Gasteiger partial charge in [-0.15, -0.1) is 0 Å². The van der Waals surface area contributed by atoms with Crippen molar-refractivity contribution in [2.24, 2.45) is 0 Å². The lowest BCUT2D eigenvalue weighted by atomic mass is 10.1. The van der Waals surface area contributed by atoms with Gasteiger partial charge in [0.05, 0.1) is 5.39 Å². The monoisotopic (exact) mass is 223 g/mol. The van der Waals surface area contributed by atoms with E-state index in [1.54, 1.807) is 0 Å². The molecule has 0 aliphatic heterocycles. The summed E-state index contributed by atoms with van der Waals surface area (Å²) in [5.41, 5.74) is 3.37. The Hall–Kier alpha value is -1.09. The second kappa shape index (κ2) is 4.19. The maximum absolute atomic E-state index is 6.08. The fourth-order valence-corrected chi connectivity index (χ4v) is 2.20. The molecule has 0 aliphatic rings. The first-order chi connectivity index (χ1) is 7.27. The second-order valence-electron chi connectivity index (χ2n) is 3.57. The van der Waals surface area contributed by atoms with Crippen molar-refractivity contribution in [2.75, 3.05) is 0 Å². The van der Waals surface area contributed by atoms with Crippen LogP contribution in [0, 0.1) is 0 Å². The van der Waals surface area contributed by atoms with Gasteiger partial charge in [-0.2, -0.15) is 0 Å². The molecule has 3 nitrogen and oxygen atoms in total. The Balaban J connectivity index is 2.68.